The van der Waals surface area contributed by atoms with E-state index in [1.165, 1.54) is 6.20 Å². The number of aromatic nitrogens is 2. The fourth-order valence-corrected chi connectivity index (χ4v) is 1.59. The highest BCUT2D eigenvalue weighted by molar-refractivity contribution is 5.88. The van der Waals surface area contributed by atoms with Gasteiger partial charge in [0.2, 0.25) is 5.95 Å². The molecule has 6 heteroatoms. The molecule has 0 fully saturated rings. The van der Waals surface area contributed by atoms with Crippen molar-refractivity contribution in [2.45, 2.75) is 26.2 Å². The second kappa shape index (κ2) is 6.90. The van der Waals surface area contributed by atoms with Gasteiger partial charge in [-0.25, -0.2) is 14.8 Å². The molecule has 100 valence electrons. The fraction of sp³-hybridized carbons (Fsp3) is 0.583. The van der Waals surface area contributed by atoms with Crippen molar-refractivity contribution in [2.75, 3.05) is 25.1 Å². The van der Waals surface area contributed by atoms with Gasteiger partial charge in [-0.05, 0) is 26.2 Å². The Morgan fingerprint density at radius 2 is 2.11 bits per heavy atom. The number of unbranched alkanes of at least 4 members (excludes halogenated alkanes) is 2. The van der Waals surface area contributed by atoms with Crippen LogP contribution >= 0.6 is 0 Å². The van der Waals surface area contributed by atoms with Crippen LogP contribution in [0.5, 0.6) is 0 Å². The van der Waals surface area contributed by atoms with Gasteiger partial charge in [0, 0.05) is 26.4 Å². The molecular formula is C12H19N3O3. The Labute approximate surface area is 106 Å². The average molecular weight is 253 g/mol. The van der Waals surface area contributed by atoms with Crippen LogP contribution in [0.1, 0.15) is 35.3 Å². The minimum Gasteiger partial charge on any atom is -0.478 e. The van der Waals surface area contributed by atoms with Gasteiger partial charge < -0.3 is 15.1 Å². The minimum atomic E-state index is -1.01. The normalized spacial score (nSPS) is 10.4. The summed E-state index contributed by atoms with van der Waals surface area (Å²) in [4.78, 5) is 20.9. The smallest absolute Gasteiger partial charge is 0.339 e. The van der Waals surface area contributed by atoms with Gasteiger partial charge >= 0.3 is 5.97 Å². The van der Waals surface area contributed by atoms with Crippen molar-refractivity contribution in [3.63, 3.8) is 0 Å². The van der Waals surface area contributed by atoms with Crippen molar-refractivity contribution in [3.8, 4) is 0 Å². The summed E-state index contributed by atoms with van der Waals surface area (Å²) in [5.41, 5.74) is 0.599. The molecule has 2 N–H and O–H groups in total. The third-order valence-electron chi connectivity index (χ3n) is 2.69. The third kappa shape index (κ3) is 3.96. The monoisotopic (exact) mass is 253 g/mol. The number of hydrogen-bond acceptors (Lipinski definition) is 5. The van der Waals surface area contributed by atoms with Crippen molar-refractivity contribution in [3.05, 3.63) is 17.5 Å². The zero-order valence-electron chi connectivity index (χ0n) is 10.8. The number of aliphatic hydroxyl groups excluding tert-OH is 1. The minimum absolute atomic E-state index is 0.132. The highest BCUT2D eigenvalue weighted by Gasteiger charge is 2.11. The molecule has 1 heterocycles. The molecule has 0 aliphatic rings. The zero-order valence-corrected chi connectivity index (χ0v) is 10.8. The van der Waals surface area contributed by atoms with Crippen LogP contribution in [0.25, 0.3) is 0 Å². The molecule has 1 rings (SSSR count). The Hall–Kier alpha value is -1.69. The standard InChI is InChI=1S/C12H19N3O3/c1-9-10(11(17)18)8-13-12(14-9)15(2)6-4-3-5-7-16/h8,16H,3-7H2,1-2H3,(H,17,18). The Bertz CT molecular complexity index is 410. The van der Waals surface area contributed by atoms with Crippen molar-refractivity contribution in [2.24, 2.45) is 0 Å². The third-order valence-corrected chi connectivity index (χ3v) is 2.69. The number of aryl methyl sites for hydroxylation is 1. The lowest BCUT2D eigenvalue weighted by molar-refractivity contribution is 0.0695. The van der Waals surface area contributed by atoms with Gasteiger partial charge in [0.25, 0.3) is 0 Å². The van der Waals surface area contributed by atoms with Crippen LogP contribution in [0.4, 0.5) is 5.95 Å². The van der Waals surface area contributed by atoms with Gasteiger partial charge in [-0.15, -0.1) is 0 Å². The van der Waals surface area contributed by atoms with Gasteiger partial charge in [-0.3, -0.25) is 0 Å². The summed E-state index contributed by atoms with van der Waals surface area (Å²) in [7, 11) is 1.87. The van der Waals surface area contributed by atoms with E-state index in [1.807, 2.05) is 11.9 Å². The molecule has 18 heavy (non-hydrogen) atoms. The molecule has 1 aromatic rings. The van der Waals surface area contributed by atoms with Crippen LogP contribution in [-0.4, -0.2) is 46.3 Å². The second-order valence-corrected chi connectivity index (χ2v) is 4.18. The molecule has 0 aliphatic heterocycles. The van der Waals surface area contributed by atoms with Gasteiger partial charge in [0.15, 0.2) is 0 Å². The lowest BCUT2D eigenvalue weighted by Crippen LogP contribution is -2.22. The largest absolute Gasteiger partial charge is 0.478 e. The predicted molar refractivity (Wildman–Crippen MR) is 67.9 cm³/mol. The molecule has 1 aromatic heterocycles. The van der Waals surface area contributed by atoms with Crippen LogP contribution in [0, 0.1) is 6.92 Å². The Kier molecular flexibility index (Phi) is 5.51. The van der Waals surface area contributed by atoms with E-state index in [0.717, 1.165) is 25.8 Å². The number of aliphatic hydroxyl groups is 1. The number of nitrogens with zero attached hydrogens (tertiary/aromatic N) is 3. The SMILES string of the molecule is Cc1nc(N(C)CCCCCO)ncc1C(=O)O. The van der Waals surface area contributed by atoms with E-state index in [1.54, 1.807) is 6.92 Å². The molecule has 0 unspecified atom stereocenters. The van der Waals surface area contributed by atoms with E-state index >= 15 is 0 Å². The van der Waals surface area contributed by atoms with Crippen LogP contribution in [0.3, 0.4) is 0 Å². The van der Waals surface area contributed by atoms with Crippen LogP contribution < -0.4 is 4.90 Å². The quantitative estimate of drug-likeness (QED) is 0.707. The first kappa shape index (κ1) is 14.4. The Balaban J connectivity index is 2.61. The molecule has 0 aliphatic carbocycles. The molecule has 0 aromatic carbocycles. The number of hydrogen-bond donors (Lipinski definition) is 2. The van der Waals surface area contributed by atoms with Gasteiger partial charge in [-0.1, -0.05) is 0 Å². The topological polar surface area (TPSA) is 86.5 Å². The van der Waals surface area contributed by atoms with Crippen molar-refractivity contribution in [1.82, 2.24) is 9.97 Å². The lowest BCUT2D eigenvalue weighted by Gasteiger charge is -2.17. The van der Waals surface area contributed by atoms with E-state index < -0.39 is 5.97 Å². The van der Waals surface area contributed by atoms with E-state index in [9.17, 15) is 4.79 Å². The number of carbonyl (C=O) groups is 1. The summed E-state index contributed by atoms with van der Waals surface area (Å²) in [5, 5.41) is 17.6. The number of rotatable bonds is 7. The molecule has 0 bridgehead atoms. The lowest BCUT2D eigenvalue weighted by atomic mass is 10.2. The van der Waals surface area contributed by atoms with Gasteiger partial charge in [0.05, 0.1) is 11.3 Å². The molecular weight excluding hydrogens is 234 g/mol. The van der Waals surface area contributed by atoms with Crippen LogP contribution in [-0.2, 0) is 0 Å². The summed E-state index contributed by atoms with van der Waals surface area (Å²) in [6.07, 6.45) is 4.03. The summed E-state index contributed by atoms with van der Waals surface area (Å²) in [6, 6.07) is 0. The highest BCUT2D eigenvalue weighted by atomic mass is 16.4. The molecule has 0 radical (unpaired) electrons. The van der Waals surface area contributed by atoms with E-state index in [4.69, 9.17) is 10.2 Å². The van der Waals surface area contributed by atoms with Crippen LogP contribution in [0.2, 0.25) is 0 Å². The van der Waals surface area contributed by atoms with Gasteiger partial charge in [-0.2, -0.15) is 0 Å². The molecule has 0 spiro atoms. The molecule has 0 atom stereocenters. The number of aromatic carboxylic acids is 1. The Morgan fingerprint density at radius 1 is 1.39 bits per heavy atom. The number of anilines is 1. The van der Waals surface area contributed by atoms with E-state index in [-0.39, 0.29) is 12.2 Å². The maximum atomic E-state index is 10.8. The summed E-state index contributed by atoms with van der Waals surface area (Å²) < 4.78 is 0. The zero-order chi connectivity index (χ0) is 13.5. The van der Waals surface area contributed by atoms with Crippen molar-refractivity contribution < 1.29 is 15.0 Å². The second-order valence-electron chi connectivity index (χ2n) is 4.18. The summed E-state index contributed by atoms with van der Waals surface area (Å²) >= 11 is 0. The Morgan fingerprint density at radius 3 is 2.67 bits per heavy atom. The van der Waals surface area contributed by atoms with Gasteiger partial charge in [0.1, 0.15) is 0 Å². The van der Waals surface area contributed by atoms with Crippen molar-refractivity contribution >= 4 is 11.9 Å². The molecule has 0 saturated carbocycles. The first-order chi connectivity index (χ1) is 8.56. The molecule has 6 nitrogen and oxygen atoms in total. The maximum Gasteiger partial charge on any atom is 0.339 e. The summed E-state index contributed by atoms with van der Waals surface area (Å²) in [6.45, 7) is 2.66. The summed E-state index contributed by atoms with van der Waals surface area (Å²) in [5.74, 6) is -0.480. The number of carboxylic acid groups (broad SMARTS) is 1. The first-order valence-electron chi connectivity index (χ1n) is 5.95. The molecule has 0 saturated heterocycles. The average Bonchev–Trinajstić information content (AvgIpc) is 2.33. The number of carboxylic acids is 1. The fourth-order valence-electron chi connectivity index (χ4n) is 1.59. The van der Waals surface area contributed by atoms with Crippen LogP contribution in [0.15, 0.2) is 6.20 Å². The molecule has 0 amide bonds. The maximum absolute atomic E-state index is 10.8. The highest BCUT2D eigenvalue weighted by Crippen LogP contribution is 2.11. The van der Waals surface area contributed by atoms with Crippen molar-refractivity contribution in [1.29, 1.82) is 0 Å². The first-order valence-corrected chi connectivity index (χ1v) is 5.95. The van der Waals surface area contributed by atoms with E-state index in [2.05, 4.69) is 9.97 Å². The van der Waals surface area contributed by atoms with E-state index in [0.29, 0.717) is 11.6 Å². The predicted octanol–water partition coefficient (Wildman–Crippen LogP) is 1.08.